The van der Waals surface area contributed by atoms with Crippen LogP contribution in [0.3, 0.4) is 0 Å². The first-order valence-electron chi connectivity index (χ1n) is 10.6. The van der Waals surface area contributed by atoms with E-state index in [1.807, 2.05) is 37.3 Å². The van der Waals surface area contributed by atoms with Crippen LogP contribution in [0.2, 0.25) is 5.02 Å². The van der Waals surface area contributed by atoms with E-state index in [1.165, 1.54) is 11.0 Å². The van der Waals surface area contributed by atoms with Crippen LogP contribution >= 0.6 is 11.6 Å². The zero-order valence-electron chi connectivity index (χ0n) is 17.9. The van der Waals surface area contributed by atoms with Crippen LogP contribution in [0, 0.1) is 5.82 Å². The Morgan fingerprint density at radius 3 is 2.25 bits per heavy atom. The summed E-state index contributed by atoms with van der Waals surface area (Å²) in [7, 11) is 0. The van der Waals surface area contributed by atoms with Crippen molar-refractivity contribution < 1.29 is 14.0 Å². The van der Waals surface area contributed by atoms with Gasteiger partial charge in [-0.05, 0) is 36.2 Å². The average molecular weight is 453 g/mol. The summed E-state index contributed by atoms with van der Waals surface area (Å²) < 4.78 is 14.5. The fourth-order valence-corrected chi connectivity index (χ4v) is 3.66. The number of hydrogen-bond acceptors (Lipinski definition) is 2. The van der Waals surface area contributed by atoms with E-state index >= 15 is 0 Å². The van der Waals surface area contributed by atoms with Crippen molar-refractivity contribution in [3.8, 4) is 0 Å². The number of halogens is 2. The minimum absolute atomic E-state index is 0.00622. The number of amides is 2. The number of nitrogens with one attached hydrogen (secondary N) is 1. The molecule has 166 valence electrons. The molecule has 3 rings (SSSR count). The van der Waals surface area contributed by atoms with Gasteiger partial charge in [0.2, 0.25) is 11.8 Å². The molecular weight excluding hydrogens is 427 g/mol. The molecule has 0 aliphatic heterocycles. The molecule has 0 radical (unpaired) electrons. The largest absolute Gasteiger partial charge is 0.355 e. The summed E-state index contributed by atoms with van der Waals surface area (Å²) >= 11 is 5.96. The zero-order chi connectivity index (χ0) is 22.9. The van der Waals surface area contributed by atoms with Crippen molar-refractivity contribution in [2.75, 3.05) is 6.54 Å². The number of nitrogens with zero attached hydrogens (tertiary/aromatic N) is 1. The minimum Gasteiger partial charge on any atom is -0.355 e. The van der Waals surface area contributed by atoms with E-state index in [1.54, 1.807) is 42.5 Å². The molecule has 1 atom stereocenters. The smallest absolute Gasteiger partial charge is 0.243 e. The highest BCUT2D eigenvalue weighted by atomic mass is 35.5. The monoisotopic (exact) mass is 452 g/mol. The van der Waals surface area contributed by atoms with Crippen LogP contribution in [0.4, 0.5) is 4.39 Å². The van der Waals surface area contributed by atoms with Gasteiger partial charge in [-0.3, -0.25) is 9.59 Å². The maximum absolute atomic E-state index is 14.5. The van der Waals surface area contributed by atoms with E-state index in [9.17, 15) is 14.0 Å². The van der Waals surface area contributed by atoms with Crippen molar-refractivity contribution in [1.82, 2.24) is 10.2 Å². The Bertz CT molecular complexity index is 1040. The van der Waals surface area contributed by atoms with Gasteiger partial charge in [0, 0.05) is 30.1 Å². The summed E-state index contributed by atoms with van der Waals surface area (Å²) in [5.41, 5.74) is 2.05. The highest BCUT2D eigenvalue weighted by molar-refractivity contribution is 6.30. The number of hydrogen-bond donors (Lipinski definition) is 1. The van der Waals surface area contributed by atoms with Gasteiger partial charge in [-0.2, -0.15) is 0 Å². The third-order valence-electron chi connectivity index (χ3n) is 5.19. The highest BCUT2D eigenvalue weighted by Crippen LogP contribution is 2.19. The van der Waals surface area contributed by atoms with Crippen molar-refractivity contribution in [1.29, 1.82) is 0 Å². The number of carbonyl (C=O) groups is 2. The SMILES string of the molecule is CCNC(=O)[C@@H](Cc1ccccc1)N(Cc1ccccc1F)C(=O)Cc1ccc(Cl)cc1. The fourth-order valence-electron chi connectivity index (χ4n) is 3.53. The molecule has 4 nitrogen and oxygen atoms in total. The van der Waals surface area contributed by atoms with Crippen LogP contribution in [0.5, 0.6) is 0 Å². The molecular formula is C26H26ClFN2O2. The third-order valence-corrected chi connectivity index (χ3v) is 5.44. The average Bonchev–Trinajstić information content (AvgIpc) is 2.79. The van der Waals surface area contributed by atoms with Crippen LogP contribution in [0.1, 0.15) is 23.6 Å². The maximum atomic E-state index is 14.5. The normalized spacial score (nSPS) is 11.6. The summed E-state index contributed by atoms with van der Waals surface area (Å²) in [4.78, 5) is 28.0. The molecule has 0 spiro atoms. The molecule has 0 bridgehead atoms. The summed E-state index contributed by atoms with van der Waals surface area (Å²) in [6, 6.07) is 22.0. The quantitative estimate of drug-likeness (QED) is 0.507. The van der Waals surface area contributed by atoms with E-state index < -0.39 is 11.9 Å². The van der Waals surface area contributed by atoms with Crippen LogP contribution in [-0.2, 0) is 29.0 Å². The van der Waals surface area contributed by atoms with E-state index in [2.05, 4.69) is 5.32 Å². The molecule has 0 aliphatic carbocycles. The molecule has 32 heavy (non-hydrogen) atoms. The highest BCUT2D eigenvalue weighted by Gasteiger charge is 2.30. The van der Waals surface area contributed by atoms with E-state index in [0.717, 1.165) is 11.1 Å². The van der Waals surface area contributed by atoms with Crippen molar-refractivity contribution >= 4 is 23.4 Å². The molecule has 2 amide bonds. The molecule has 6 heteroatoms. The van der Waals surface area contributed by atoms with Crippen molar-refractivity contribution in [2.45, 2.75) is 32.4 Å². The van der Waals surface area contributed by atoms with Crippen molar-refractivity contribution in [3.63, 3.8) is 0 Å². The lowest BCUT2D eigenvalue weighted by atomic mass is 10.0. The summed E-state index contributed by atoms with van der Waals surface area (Å²) in [6.45, 7) is 2.25. The Kier molecular flexibility index (Phi) is 8.40. The van der Waals surface area contributed by atoms with Gasteiger partial charge in [0.1, 0.15) is 11.9 Å². The lowest BCUT2D eigenvalue weighted by Crippen LogP contribution is -2.51. The summed E-state index contributed by atoms with van der Waals surface area (Å²) in [5.74, 6) is -0.939. The topological polar surface area (TPSA) is 49.4 Å². The second kappa shape index (κ2) is 11.4. The Balaban J connectivity index is 1.95. The van der Waals surface area contributed by atoms with Crippen LogP contribution in [0.25, 0.3) is 0 Å². The number of likely N-dealkylation sites (N-methyl/N-ethyl adjacent to an activating group) is 1. The molecule has 0 unspecified atom stereocenters. The second-order valence-corrected chi connectivity index (χ2v) is 7.95. The van der Waals surface area contributed by atoms with E-state index in [4.69, 9.17) is 11.6 Å². The maximum Gasteiger partial charge on any atom is 0.243 e. The first-order valence-corrected chi connectivity index (χ1v) is 10.9. The van der Waals surface area contributed by atoms with Gasteiger partial charge in [-0.15, -0.1) is 0 Å². The molecule has 0 saturated heterocycles. The van der Waals surface area contributed by atoms with Gasteiger partial charge in [0.15, 0.2) is 0 Å². The van der Waals surface area contributed by atoms with Gasteiger partial charge in [0.05, 0.1) is 6.42 Å². The lowest BCUT2D eigenvalue weighted by molar-refractivity contribution is -0.140. The molecule has 1 N–H and O–H groups in total. The Hall–Kier alpha value is -3.18. The van der Waals surface area contributed by atoms with Crippen LogP contribution in [-0.4, -0.2) is 29.3 Å². The van der Waals surface area contributed by atoms with Gasteiger partial charge >= 0.3 is 0 Å². The minimum atomic E-state index is -0.781. The standard InChI is InChI=1S/C26H26ClFN2O2/c1-2-29-26(32)24(16-19-8-4-3-5-9-19)30(18-21-10-6-7-11-23(21)28)25(31)17-20-12-14-22(27)15-13-20/h3-15,24H,2,16-18H2,1H3,(H,29,32)/t24-/m1/s1. The van der Waals surface area contributed by atoms with Gasteiger partial charge in [0.25, 0.3) is 0 Å². The summed E-state index contributed by atoms with van der Waals surface area (Å²) in [5, 5.41) is 3.41. The molecule has 0 aromatic heterocycles. The lowest BCUT2D eigenvalue weighted by Gasteiger charge is -2.31. The molecule has 3 aromatic rings. The third kappa shape index (κ3) is 6.41. The van der Waals surface area contributed by atoms with Gasteiger partial charge in [-0.25, -0.2) is 4.39 Å². The van der Waals surface area contributed by atoms with Crippen molar-refractivity contribution in [2.24, 2.45) is 0 Å². The molecule has 0 heterocycles. The van der Waals surface area contributed by atoms with Crippen molar-refractivity contribution in [3.05, 3.63) is 106 Å². The van der Waals surface area contributed by atoms with Gasteiger partial charge < -0.3 is 10.2 Å². The Labute approximate surface area is 193 Å². The molecule has 3 aromatic carbocycles. The zero-order valence-corrected chi connectivity index (χ0v) is 18.7. The number of rotatable bonds is 9. The number of benzene rings is 3. The van der Waals surface area contributed by atoms with E-state index in [-0.39, 0.29) is 24.8 Å². The Morgan fingerprint density at radius 1 is 0.938 bits per heavy atom. The first kappa shape index (κ1) is 23.5. The van der Waals surface area contributed by atoms with Crippen LogP contribution < -0.4 is 5.32 Å². The van der Waals surface area contributed by atoms with Gasteiger partial charge in [-0.1, -0.05) is 72.3 Å². The first-order chi connectivity index (χ1) is 15.5. The van der Waals surface area contributed by atoms with Crippen LogP contribution in [0.15, 0.2) is 78.9 Å². The van der Waals surface area contributed by atoms with E-state index in [0.29, 0.717) is 23.6 Å². The predicted octanol–water partition coefficient (Wildman–Crippen LogP) is 4.80. The molecule has 0 fully saturated rings. The molecule has 0 saturated carbocycles. The fraction of sp³-hybridized carbons (Fsp3) is 0.231. The Morgan fingerprint density at radius 2 is 1.59 bits per heavy atom. The molecule has 0 aliphatic rings. The second-order valence-electron chi connectivity index (χ2n) is 7.52. The predicted molar refractivity (Wildman–Crippen MR) is 125 cm³/mol. The summed E-state index contributed by atoms with van der Waals surface area (Å²) in [6.07, 6.45) is 0.407. The number of carbonyl (C=O) groups excluding carboxylic acids is 2.